The van der Waals surface area contributed by atoms with Gasteiger partial charge in [-0.25, -0.2) is 0 Å². The Balaban J connectivity index is 1.05. The summed E-state index contributed by atoms with van der Waals surface area (Å²) in [4.78, 5) is 20.5. The molecule has 2 spiro atoms. The van der Waals surface area contributed by atoms with Crippen LogP contribution in [-0.4, -0.2) is 64.0 Å². The lowest BCUT2D eigenvalue weighted by Crippen LogP contribution is -2.56. The predicted molar refractivity (Wildman–Crippen MR) is 137 cm³/mol. The molecule has 3 aliphatic heterocycles. The zero-order chi connectivity index (χ0) is 24.3. The van der Waals surface area contributed by atoms with Gasteiger partial charge < -0.3 is 19.1 Å². The Kier molecular flexibility index (Phi) is 5.17. The summed E-state index contributed by atoms with van der Waals surface area (Å²) in [5.74, 6) is 0.612. The first kappa shape index (κ1) is 22.3. The van der Waals surface area contributed by atoms with Crippen LogP contribution >= 0.6 is 0 Å². The molecule has 7 rings (SSSR count). The van der Waals surface area contributed by atoms with Gasteiger partial charge in [-0.3, -0.25) is 14.6 Å². The second-order valence-electron chi connectivity index (χ2n) is 10.9. The number of hydrogen-bond donors (Lipinski definition) is 0. The van der Waals surface area contributed by atoms with Crippen LogP contribution in [-0.2, 0) is 20.1 Å². The fourth-order valence-corrected chi connectivity index (χ4v) is 6.91. The summed E-state index contributed by atoms with van der Waals surface area (Å²) in [6.45, 7) is 5.27. The number of para-hydroxylation sites is 1. The van der Waals surface area contributed by atoms with Gasteiger partial charge in [0.05, 0.1) is 32.7 Å². The summed E-state index contributed by atoms with van der Waals surface area (Å²) >= 11 is 0. The number of benzene rings is 2. The lowest BCUT2D eigenvalue weighted by Gasteiger charge is -2.45. The molecule has 2 saturated heterocycles. The molecule has 2 bridgehead atoms. The molecule has 5 aliphatic rings. The highest BCUT2D eigenvalue weighted by Gasteiger charge is 2.61. The van der Waals surface area contributed by atoms with E-state index in [4.69, 9.17) is 14.2 Å². The molecule has 3 heterocycles. The fourth-order valence-electron chi connectivity index (χ4n) is 6.91. The van der Waals surface area contributed by atoms with Crippen molar-refractivity contribution in [3.05, 3.63) is 66.2 Å². The Bertz CT molecular complexity index is 1180. The Hall–Kier alpha value is -2.87. The van der Waals surface area contributed by atoms with Gasteiger partial charge in [-0.15, -0.1) is 0 Å². The number of allylic oxidation sites excluding steroid dienone is 2. The number of methoxy groups -OCH3 is 1. The van der Waals surface area contributed by atoms with Crippen molar-refractivity contribution in [3.63, 3.8) is 0 Å². The molecule has 2 atom stereocenters. The monoisotopic (exact) mass is 487 g/mol. The van der Waals surface area contributed by atoms with Crippen LogP contribution in [0.5, 0.6) is 5.75 Å². The highest BCUT2D eigenvalue weighted by Crippen LogP contribution is 2.57. The lowest BCUT2D eigenvalue weighted by molar-refractivity contribution is -0.295. The van der Waals surface area contributed by atoms with E-state index in [0.717, 1.165) is 49.6 Å². The maximum Gasteiger partial charge on any atom is 0.293 e. The molecule has 0 radical (unpaired) electrons. The number of ether oxygens (including phenoxy) is 3. The Morgan fingerprint density at radius 2 is 1.72 bits per heavy atom. The first-order valence-corrected chi connectivity index (χ1v) is 13.1. The number of amides is 1. The van der Waals surface area contributed by atoms with Crippen LogP contribution in [0.2, 0.25) is 0 Å². The summed E-state index contributed by atoms with van der Waals surface area (Å²) in [5.41, 5.74) is 2.97. The average molecular weight is 488 g/mol. The molecule has 188 valence electrons. The summed E-state index contributed by atoms with van der Waals surface area (Å²) in [6, 6.07) is 16.2. The molecule has 3 fully saturated rings. The zero-order valence-electron chi connectivity index (χ0n) is 20.8. The highest BCUT2D eigenvalue weighted by atomic mass is 16.7. The quantitative estimate of drug-likeness (QED) is 0.615. The van der Waals surface area contributed by atoms with Crippen molar-refractivity contribution >= 4 is 17.3 Å². The standard InChI is InChI=1S/C29H33N3O4/c1-34-24-10-8-23(9-11-24)31-14-12-30(13-15-31)20-32-26-5-3-2-4-25(26)29(27(32)33)35-18-28(19-36-29)17-21-6-7-22(28)16-21/h2-11,21-22H,12-20H2,1H3/t21-,22-,28?,29?/m0/s1. The van der Waals surface area contributed by atoms with Crippen molar-refractivity contribution in [2.45, 2.75) is 18.6 Å². The molecule has 1 amide bonds. The molecule has 0 aromatic heterocycles. The molecular weight excluding hydrogens is 454 g/mol. The molecule has 2 aromatic carbocycles. The van der Waals surface area contributed by atoms with Crippen LogP contribution in [0, 0.1) is 17.3 Å². The largest absolute Gasteiger partial charge is 0.497 e. The lowest BCUT2D eigenvalue weighted by atomic mass is 9.76. The van der Waals surface area contributed by atoms with Crippen molar-refractivity contribution in [1.29, 1.82) is 0 Å². The highest BCUT2D eigenvalue weighted by molar-refractivity contribution is 6.06. The molecule has 2 aliphatic carbocycles. The molecule has 36 heavy (non-hydrogen) atoms. The summed E-state index contributed by atoms with van der Waals surface area (Å²) in [5, 5.41) is 0. The van der Waals surface area contributed by atoms with E-state index < -0.39 is 5.79 Å². The van der Waals surface area contributed by atoms with Gasteiger partial charge in [-0.1, -0.05) is 30.4 Å². The number of piperazine rings is 1. The van der Waals surface area contributed by atoms with Crippen molar-refractivity contribution in [1.82, 2.24) is 4.90 Å². The molecule has 0 unspecified atom stereocenters. The minimum Gasteiger partial charge on any atom is -0.497 e. The number of nitrogens with zero attached hydrogens (tertiary/aromatic N) is 3. The predicted octanol–water partition coefficient (Wildman–Crippen LogP) is 3.60. The van der Waals surface area contributed by atoms with Crippen LogP contribution in [0.15, 0.2) is 60.7 Å². The second-order valence-corrected chi connectivity index (χ2v) is 10.9. The molecule has 7 heteroatoms. The third-order valence-electron chi connectivity index (χ3n) is 8.98. The van der Waals surface area contributed by atoms with E-state index in [1.165, 1.54) is 12.1 Å². The van der Waals surface area contributed by atoms with Crippen LogP contribution in [0.25, 0.3) is 0 Å². The molecular formula is C29H33N3O4. The van der Waals surface area contributed by atoms with Crippen molar-refractivity contribution in [2.75, 3.05) is 63.0 Å². The average Bonchev–Trinajstić information content (AvgIpc) is 3.59. The van der Waals surface area contributed by atoms with Gasteiger partial charge in [-0.2, -0.15) is 0 Å². The van der Waals surface area contributed by atoms with Gasteiger partial charge in [-0.05, 0) is 55.0 Å². The summed E-state index contributed by atoms with van der Waals surface area (Å²) in [7, 11) is 1.69. The van der Waals surface area contributed by atoms with E-state index >= 15 is 0 Å². The van der Waals surface area contributed by atoms with Gasteiger partial charge in [0.15, 0.2) is 0 Å². The van der Waals surface area contributed by atoms with Crippen molar-refractivity contribution in [2.24, 2.45) is 17.3 Å². The van der Waals surface area contributed by atoms with Crippen molar-refractivity contribution < 1.29 is 19.0 Å². The summed E-state index contributed by atoms with van der Waals surface area (Å²) < 4.78 is 18.3. The molecule has 7 nitrogen and oxygen atoms in total. The van der Waals surface area contributed by atoms with E-state index in [-0.39, 0.29) is 11.3 Å². The van der Waals surface area contributed by atoms with Crippen LogP contribution in [0.1, 0.15) is 18.4 Å². The third-order valence-corrected chi connectivity index (χ3v) is 8.98. The maximum absolute atomic E-state index is 13.9. The Morgan fingerprint density at radius 3 is 2.39 bits per heavy atom. The van der Waals surface area contributed by atoms with Gasteiger partial charge >= 0.3 is 0 Å². The summed E-state index contributed by atoms with van der Waals surface area (Å²) in [6.07, 6.45) is 6.97. The van der Waals surface area contributed by atoms with E-state index in [1.807, 2.05) is 41.3 Å². The second kappa shape index (κ2) is 8.33. The van der Waals surface area contributed by atoms with Gasteiger partial charge in [0.25, 0.3) is 11.7 Å². The van der Waals surface area contributed by atoms with Crippen molar-refractivity contribution in [3.8, 4) is 5.75 Å². The number of fused-ring (bicyclic) bond motifs is 5. The van der Waals surface area contributed by atoms with Gasteiger partial charge in [0, 0.05) is 42.8 Å². The zero-order valence-corrected chi connectivity index (χ0v) is 20.8. The van der Waals surface area contributed by atoms with E-state index in [9.17, 15) is 4.79 Å². The number of rotatable bonds is 4. The smallest absolute Gasteiger partial charge is 0.293 e. The Morgan fingerprint density at radius 1 is 0.972 bits per heavy atom. The van der Waals surface area contributed by atoms with E-state index in [2.05, 4.69) is 34.1 Å². The number of anilines is 2. The first-order valence-electron chi connectivity index (χ1n) is 13.1. The SMILES string of the molecule is COc1ccc(N2CCN(CN3C(=O)C4(OCC5(CO4)C[C@H]4C=C[C@H]5C4)c4ccccc43)CC2)cc1. The van der Waals surface area contributed by atoms with Crippen LogP contribution < -0.4 is 14.5 Å². The van der Waals surface area contributed by atoms with Crippen LogP contribution in [0.4, 0.5) is 11.4 Å². The topological polar surface area (TPSA) is 54.5 Å². The minimum absolute atomic E-state index is 0.0189. The van der Waals surface area contributed by atoms with Gasteiger partial charge in [0.1, 0.15) is 5.75 Å². The third kappa shape index (κ3) is 3.33. The number of hydrogen-bond acceptors (Lipinski definition) is 6. The van der Waals surface area contributed by atoms with E-state index in [1.54, 1.807) is 7.11 Å². The normalized spacial score (nSPS) is 33.2. The van der Waals surface area contributed by atoms with Crippen LogP contribution in [0.3, 0.4) is 0 Å². The molecule has 1 saturated carbocycles. The van der Waals surface area contributed by atoms with E-state index in [0.29, 0.717) is 31.7 Å². The number of carbonyl (C=O) groups excluding carboxylic acids is 1. The fraction of sp³-hybridized carbons (Fsp3) is 0.483. The Labute approximate surface area is 212 Å². The minimum atomic E-state index is -1.31. The molecule has 0 N–H and O–H groups in total. The van der Waals surface area contributed by atoms with Gasteiger partial charge in [0.2, 0.25) is 0 Å². The first-order chi connectivity index (χ1) is 17.6. The maximum atomic E-state index is 13.9. The number of carbonyl (C=O) groups is 1. The molecule has 2 aromatic rings.